The number of ether oxygens (including phenoxy) is 2. The minimum Gasteiger partial charge on any atom is -0.494 e. The Labute approximate surface area is 180 Å². The van der Waals surface area contributed by atoms with Gasteiger partial charge in [0.25, 0.3) is 0 Å². The quantitative estimate of drug-likeness (QED) is 0.656. The van der Waals surface area contributed by atoms with Gasteiger partial charge in [0.1, 0.15) is 17.0 Å². The van der Waals surface area contributed by atoms with Crippen LogP contribution in [0.2, 0.25) is 0 Å². The van der Waals surface area contributed by atoms with E-state index in [0.717, 1.165) is 34.2 Å². The molecule has 0 atom stereocenters. The van der Waals surface area contributed by atoms with Crippen molar-refractivity contribution in [1.29, 1.82) is 0 Å². The molecule has 2 amide bonds. The van der Waals surface area contributed by atoms with E-state index in [0.29, 0.717) is 31.1 Å². The summed E-state index contributed by atoms with van der Waals surface area (Å²) < 4.78 is 12.2. The summed E-state index contributed by atoms with van der Waals surface area (Å²) in [6.07, 6.45) is 0. The summed E-state index contributed by atoms with van der Waals surface area (Å²) in [4.78, 5) is 21.6. The topological polar surface area (TPSA) is 66.9 Å². The number of nitrogens with one attached hydrogen (secondary N) is 1. The van der Waals surface area contributed by atoms with E-state index in [2.05, 4.69) is 23.2 Å². The number of benzene rings is 2. The molecule has 2 heterocycles. The minimum atomic E-state index is -0.108. The maximum absolute atomic E-state index is 12.7. The first-order chi connectivity index (χ1) is 14.6. The lowest BCUT2D eigenvalue weighted by Gasteiger charge is -2.34. The van der Waals surface area contributed by atoms with Crippen molar-refractivity contribution in [3.05, 3.63) is 42.0 Å². The Morgan fingerprint density at radius 3 is 2.63 bits per heavy atom. The van der Waals surface area contributed by atoms with E-state index in [1.165, 1.54) is 5.56 Å². The van der Waals surface area contributed by atoms with Crippen LogP contribution in [0.5, 0.6) is 11.5 Å². The Morgan fingerprint density at radius 1 is 1.13 bits per heavy atom. The number of thiazole rings is 1. The number of aryl methyl sites for hydroxylation is 1. The lowest BCUT2D eigenvalue weighted by Crippen LogP contribution is -2.50. The first kappa shape index (κ1) is 20.3. The van der Waals surface area contributed by atoms with Gasteiger partial charge < -0.3 is 24.6 Å². The van der Waals surface area contributed by atoms with E-state index < -0.39 is 0 Å². The standard InChI is InChI=1S/C22H26N4O3S/c1-4-29-17-8-6-5-7-16(17)23-21(27)25-11-13-26(14-12-25)22-24-19-18(28-3)10-9-15(2)20(19)30-22/h5-10H,4,11-14H2,1-3H3,(H,23,27). The number of rotatable bonds is 5. The number of fused-ring (bicyclic) bond motifs is 1. The Kier molecular flexibility index (Phi) is 5.94. The van der Waals surface area contributed by atoms with Crippen LogP contribution >= 0.6 is 11.3 Å². The summed E-state index contributed by atoms with van der Waals surface area (Å²) in [5, 5.41) is 3.95. The monoisotopic (exact) mass is 426 g/mol. The van der Waals surface area contributed by atoms with Gasteiger partial charge in [-0.15, -0.1) is 0 Å². The molecule has 0 aliphatic carbocycles. The van der Waals surface area contributed by atoms with Gasteiger partial charge in [-0.3, -0.25) is 0 Å². The molecule has 8 heteroatoms. The molecule has 0 unspecified atom stereocenters. The second-order valence-corrected chi connectivity index (χ2v) is 8.07. The normalized spacial score (nSPS) is 14.1. The molecule has 1 aliphatic rings. The van der Waals surface area contributed by atoms with E-state index in [1.807, 2.05) is 42.2 Å². The number of carbonyl (C=O) groups is 1. The number of urea groups is 1. The van der Waals surface area contributed by atoms with E-state index in [1.54, 1.807) is 18.4 Å². The van der Waals surface area contributed by atoms with Gasteiger partial charge in [0, 0.05) is 26.2 Å². The summed E-state index contributed by atoms with van der Waals surface area (Å²) >= 11 is 1.68. The fraction of sp³-hybridized carbons (Fsp3) is 0.364. The number of methoxy groups -OCH3 is 1. The number of anilines is 2. The Morgan fingerprint density at radius 2 is 1.90 bits per heavy atom. The number of carbonyl (C=O) groups excluding carboxylic acids is 1. The van der Waals surface area contributed by atoms with Crippen LogP contribution in [-0.2, 0) is 0 Å². The van der Waals surface area contributed by atoms with E-state index >= 15 is 0 Å². The van der Waals surface area contributed by atoms with Crippen molar-refractivity contribution in [2.75, 3.05) is 50.1 Å². The zero-order valence-corrected chi connectivity index (χ0v) is 18.3. The van der Waals surface area contributed by atoms with Crippen molar-refractivity contribution in [3.63, 3.8) is 0 Å². The number of hydrogen-bond acceptors (Lipinski definition) is 6. The second kappa shape index (κ2) is 8.79. The zero-order chi connectivity index (χ0) is 21.1. The molecule has 1 N–H and O–H groups in total. The van der Waals surface area contributed by atoms with E-state index in [4.69, 9.17) is 14.5 Å². The number of aromatic nitrogens is 1. The van der Waals surface area contributed by atoms with Gasteiger partial charge in [-0.1, -0.05) is 29.5 Å². The summed E-state index contributed by atoms with van der Waals surface area (Å²) in [6.45, 7) is 7.31. The van der Waals surface area contributed by atoms with Crippen LogP contribution in [0.4, 0.5) is 15.6 Å². The lowest BCUT2D eigenvalue weighted by molar-refractivity contribution is 0.208. The predicted octanol–water partition coefficient (Wildman–Crippen LogP) is 4.37. The van der Waals surface area contributed by atoms with Crippen molar-refractivity contribution in [2.45, 2.75) is 13.8 Å². The maximum atomic E-state index is 12.7. The van der Waals surface area contributed by atoms with Crippen LogP contribution in [0.15, 0.2) is 36.4 Å². The molecule has 158 valence electrons. The number of amides is 2. The van der Waals surface area contributed by atoms with Gasteiger partial charge in [0.05, 0.1) is 24.1 Å². The molecule has 0 spiro atoms. The maximum Gasteiger partial charge on any atom is 0.322 e. The molecule has 1 fully saturated rings. The van der Waals surface area contributed by atoms with Gasteiger partial charge in [-0.2, -0.15) is 0 Å². The average molecular weight is 427 g/mol. The Balaban J connectivity index is 1.42. The number of nitrogens with zero attached hydrogens (tertiary/aromatic N) is 3. The first-order valence-electron chi connectivity index (χ1n) is 10.1. The number of piperazine rings is 1. The number of hydrogen-bond donors (Lipinski definition) is 1. The molecular weight excluding hydrogens is 400 g/mol. The fourth-order valence-corrected chi connectivity index (χ4v) is 4.65. The van der Waals surface area contributed by atoms with Crippen molar-refractivity contribution in [1.82, 2.24) is 9.88 Å². The summed E-state index contributed by atoms with van der Waals surface area (Å²) in [5.41, 5.74) is 2.80. The van der Waals surface area contributed by atoms with E-state index in [-0.39, 0.29) is 6.03 Å². The van der Waals surface area contributed by atoms with Crippen LogP contribution in [-0.4, -0.2) is 55.8 Å². The summed E-state index contributed by atoms with van der Waals surface area (Å²) in [7, 11) is 1.67. The predicted molar refractivity (Wildman–Crippen MR) is 121 cm³/mol. The Hall–Kier alpha value is -3.00. The van der Waals surface area contributed by atoms with Crippen LogP contribution in [0.25, 0.3) is 10.2 Å². The molecule has 0 bridgehead atoms. The van der Waals surface area contributed by atoms with Crippen LogP contribution in [0.3, 0.4) is 0 Å². The Bertz CT molecular complexity index is 1040. The molecule has 1 aliphatic heterocycles. The SMILES string of the molecule is CCOc1ccccc1NC(=O)N1CCN(c2nc3c(OC)ccc(C)c3s2)CC1. The van der Waals surface area contributed by atoms with Crippen molar-refractivity contribution < 1.29 is 14.3 Å². The van der Waals surface area contributed by atoms with Gasteiger partial charge in [-0.05, 0) is 37.6 Å². The molecule has 2 aromatic carbocycles. The second-order valence-electron chi connectivity index (χ2n) is 7.09. The third kappa shape index (κ3) is 4.00. The highest BCUT2D eigenvalue weighted by Gasteiger charge is 2.24. The van der Waals surface area contributed by atoms with E-state index in [9.17, 15) is 4.79 Å². The molecule has 1 aromatic heterocycles. The van der Waals surface area contributed by atoms with Gasteiger partial charge in [-0.25, -0.2) is 9.78 Å². The highest BCUT2D eigenvalue weighted by molar-refractivity contribution is 7.22. The van der Waals surface area contributed by atoms with Gasteiger partial charge >= 0.3 is 6.03 Å². The summed E-state index contributed by atoms with van der Waals surface area (Å²) in [6, 6.07) is 11.4. The summed E-state index contributed by atoms with van der Waals surface area (Å²) in [5.74, 6) is 1.48. The largest absolute Gasteiger partial charge is 0.494 e. The van der Waals surface area contributed by atoms with Crippen molar-refractivity contribution in [3.8, 4) is 11.5 Å². The first-order valence-corrected chi connectivity index (χ1v) is 10.9. The van der Waals surface area contributed by atoms with Crippen LogP contribution < -0.4 is 19.7 Å². The molecule has 30 heavy (non-hydrogen) atoms. The molecule has 0 saturated carbocycles. The fourth-order valence-electron chi connectivity index (χ4n) is 3.54. The lowest BCUT2D eigenvalue weighted by atomic mass is 10.2. The highest BCUT2D eigenvalue weighted by Crippen LogP contribution is 2.36. The van der Waals surface area contributed by atoms with Gasteiger partial charge in [0.15, 0.2) is 5.13 Å². The van der Waals surface area contributed by atoms with Gasteiger partial charge in [0.2, 0.25) is 0 Å². The third-order valence-electron chi connectivity index (χ3n) is 5.18. The smallest absolute Gasteiger partial charge is 0.322 e. The van der Waals surface area contributed by atoms with Crippen molar-refractivity contribution >= 4 is 38.4 Å². The number of para-hydroxylation sites is 2. The molecular formula is C22H26N4O3S. The molecule has 7 nitrogen and oxygen atoms in total. The molecule has 4 rings (SSSR count). The highest BCUT2D eigenvalue weighted by atomic mass is 32.1. The van der Waals surface area contributed by atoms with Crippen molar-refractivity contribution in [2.24, 2.45) is 0 Å². The van der Waals surface area contributed by atoms with Crippen LogP contribution in [0, 0.1) is 6.92 Å². The molecule has 3 aromatic rings. The molecule has 1 saturated heterocycles. The average Bonchev–Trinajstić information content (AvgIpc) is 3.22. The molecule has 0 radical (unpaired) electrons. The minimum absolute atomic E-state index is 0.108. The zero-order valence-electron chi connectivity index (χ0n) is 17.5. The van der Waals surface area contributed by atoms with Crippen LogP contribution in [0.1, 0.15) is 12.5 Å². The third-order valence-corrected chi connectivity index (χ3v) is 6.43.